The van der Waals surface area contributed by atoms with Crippen LogP contribution < -0.4 is 0 Å². The number of benzene rings is 1. The minimum Gasteiger partial charge on any atom is -0.294 e. The van der Waals surface area contributed by atoms with E-state index in [0.717, 1.165) is 29.8 Å². The molecule has 0 aliphatic carbocycles. The van der Waals surface area contributed by atoms with Gasteiger partial charge in [-0.2, -0.15) is 0 Å². The van der Waals surface area contributed by atoms with E-state index < -0.39 is 0 Å². The number of hydrogen-bond acceptors (Lipinski definition) is 2. The number of nitrogens with zero attached hydrogens (tertiary/aromatic N) is 1. The Morgan fingerprint density at radius 1 is 1.18 bits per heavy atom. The molecule has 0 N–H and O–H groups in total. The number of carbonyl (C=O) groups excluding carboxylic acids is 1. The lowest BCUT2D eigenvalue weighted by atomic mass is 9.97. The van der Waals surface area contributed by atoms with E-state index in [0.29, 0.717) is 6.42 Å². The van der Waals surface area contributed by atoms with E-state index in [-0.39, 0.29) is 5.78 Å². The fourth-order valence-electron chi connectivity index (χ4n) is 2.20. The van der Waals surface area contributed by atoms with Crippen LogP contribution >= 0.6 is 0 Å². The zero-order chi connectivity index (χ0) is 12.1. The molecule has 0 atom stereocenters. The molecule has 0 amide bonds. The maximum Gasteiger partial charge on any atom is 0.170 e. The van der Waals surface area contributed by atoms with E-state index in [1.807, 2.05) is 24.3 Å². The van der Waals surface area contributed by atoms with Crippen LogP contribution in [0.2, 0.25) is 0 Å². The van der Waals surface area contributed by atoms with Gasteiger partial charge in [-0.1, -0.05) is 38.3 Å². The van der Waals surface area contributed by atoms with Gasteiger partial charge in [-0.25, -0.2) is 0 Å². The van der Waals surface area contributed by atoms with Crippen molar-refractivity contribution in [3.63, 3.8) is 0 Å². The van der Waals surface area contributed by atoms with Gasteiger partial charge in [-0.3, -0.25) is 9.79 Å². The smallest absolute Gasteiger partial charge is 0.170 e. The Bertz CT molecular complexity index is 434. The number of aliphatic imine (C=N–C) groups is 1. The molecule has 2 heteroatoms. The molecule has 1 aliphatic rings. The van der Waals surface area contributed by atoms with Crippen LogP contribution in [0.3, 0.4) is 0 Å². The first-order valence-electron chi connectivity index (χ1n) is 6.50. The monoisotopic (exact) mass is 229 g/mol. The summed E-state index contributed by atoms with van der Waals surface area (Å²) in [6.07, 6.45) is 6.41. The van der Waals surface area contributed by atoms with Crippen molar-refractivity contribution < 1.29 is 4.79 Å². The van der Waals surface area contributed by atoms with E-state index in [4.69, 9.17) is 0 Å². The second kappa shape index (κ2) is 5.76. The third-order valence-corrected chi connectivity index (χ3v) is 3.17. The van der Waals surface area contributed by atoms with E-state index in [9.17, 15) is 4.79 Å². The Labute approximate surface area is 103 Å². The van der Waals surface area contributed by atoms with Gasteiger partial charge >= 0.3 is 0 Å². The van der Waals surface area contributed by atoms with Crippen molar-refractivity contribution in [2.75, 3.05) is 0 Å². The van der Waals surface area contributed by atoms with Crippen LogP contribution in [0, 0.1) is 0 Å². The molecule has 2 nitrogen and oxygen atoms in total. The highest BCUT2D eigenvalue weighted by atomic mass is 16.1. The first kappa shape index (κ1) is 12.0. The number of rotatable bonds is 5. The van der Waals surface area contributed by atoms with Gasteiger partial charge in [0.2, 0.25) is 0 Å². The van der Waals surface area contributed by atoms with Gasteiger partial charge in [0.05, 0.1) is 5.69 Å². The lowest BCUT2D eigenvalue weighted by molar-refractivity contribution is 0.0999. The zero-order valence-corrected chi connectivity index (χ0v) is 10.4. The Kier molecular flexibility index (Phi) is 4.08. The van der Waals surface area contributed by atoms with Crippen molar-refractivity contribution in [2.24, 2.45) is 4.99 Å². The van der Waals surface area contributed by atoms with E-state index in [1.54, 1.807) is 0 Å². The summed E-state index contributed by atoms with van der Waals surface area (Å²) >= 11 is 0. The van der Waals surface area contributed by atoms with Gasteiger partial charge in [-0.05, 0) is 25.0 Å². The van der Waals surface area contributed by atoms with E-state index in [1.165, 1.54) is 19.3 Å². The molecule has 0 saturated heterocycles. The molecule has 90 valence electrons. The molecule has 0 spiro atoms. The predicted octanol–water partition coefficient (Wildman–Crippen LogP) is 4.32. The highest BCUT2D eigenvalue weighted by Crippen LogP contribution is 2.26. The average molecular weight is 229 g/mol. The summed E-state index contributed by atoms with van der Waals surface area (Å²) in [7, 11) is 0. The first-order valence-corrected chi connectivity index (χ1v) is 6.50. The molecular formula is C15H19NO. The molecule has 0 bridgehead atoms. The summed E-state index contributed by atoms with van der Waals surface area (Å²) in [5.74, 6) is 0.223. The van der Waals surface area contributed by atoms with Crippen molar-refractivity contribution >= 4 is 17.2 Å². The second-order valence-corrected chi connectivity index (χ2v) is 4.61. The summed E-state index contributed by atoms with van der Waals surface area (Å²) in [5, 5.41) is 0. The van der Waals surface area contributed by atoms with Crippen LogP contribution in [0.1, 0.15) is 55.8 Å². The number of unbranched alkanes of at least 4 members (excludes halogenated alkanes) is 3. The Morgan fingerprint density at radius 3 is 2.82 bits per heavy atom. The van der Waals surface area contributed by atoms with Crippen LogP contribution in [-0.2, 0) is 0 Å². The van der Waals surface area contributed by atoms with Crippen molar-refractivity contribution in [3.05, 3.63) is 29.8 Å². The Balaban J connectivity index is 2.02. The molecule has 0 radical (unpaired) electrons. The maximum absolute atomic E-state index is 11.9. The summed E-state index contributed by atoms with van der Waals surface area (Å²) in [6.45, 7) is 2.21. The van der Waals surface area contributed by atoms with Crippen LogP contribution in [0.25, 0.3) is 0 Å². The number of ketones is 1. The van der Waals surface area contributed by atoms with Gasteiger partial charge in [-0.15, -0.1) is 0 Å². The average Bonchev–Trinajstić information content (AvgIpc) is 2.35. The first-order chi connectivity index (χ1) is 8.31. The number of para-hydroxylation sites is 1. The van der Waals surface area contributed by atoms with Crippen LogP contribution in [-0.4, -0.2) is 11.5 Å². The van der Waals surface area contributed by atoms with Crippen LogP contribution in [0.4, 0.5) is 5.69 Å². The highest BCUT2D eigenvalue weighted by Gasteiger charge is 2.18. The van der Waals surface area contributed by atoms with Crippen molar-refractivity contribution in [3.8, 4) is 0 Å². The Morgan fingerprint density at radius 2 is 2.00 bits per heavy atom. The summed E-state index contributed by atoms with van der Waals surface area (Å²) in [6, 6.07) is 7.64. The fraction of sp³-hybridized carbons (Fsp3) is 0.467. The highest BCUT2D eigenvalue weighted by molar-refractivity contribution is 6.15. The van der Waals surface area contributed by atoms with Crippen molar-refractivity contribution in [1.82, 2.24) is 0 Å². The normalized spacial score (nSPS) is 14.4. The quantitative estimate of drug-likeness (QED) is 0.691. The number of carbonyl (C=O) groups is 1. The fourth-order valence-corrected chi connectivity index (χ4v) is 2.20. The van der Waals surface area contributed by atoms with Gasteiger partial charge in [0.15, 0.2) is 5.78 Å². The minimum atomic E-state index is 0.223. The zero-order valence-electron chi connectivity index (χ0n) is 10.4. The van der Waals surface area contributed by atoms with Gasteiger partial charge < -0.3 is 0 Å². The Hall–Kier alpha value is -1.44. The molecule has 0 saturated carbocycles. The molecule has 1 heterocycles. The third-order valence-electron chi connectivity index (χ3n) is 3.17. The molecule has 2 rings (SSSR count). The van der Waals surface area contributed by atoms with Crippen LogP contribution in [0.15, 0.2) is 29.3 Å². The van der Waals surface area contributed by atoms with E-state index in [2.05, 4.69) is 11.9 Å². The lowest BCUT2D eigenvalue weighted by Crippen LogP contribution is -2.13. The second-order valence-electron chi connectivity index (χ2n) is 4.61. The minimum absolute atomic E-state index is 0.223. The van der Waals surface area contributed by atoms with Crippen molar-refractivity contribution in [2.45, 2.75) is 45.4 Å². The summed E-state index contributed by atoms with van der Waals surface area (Å²) in [4.78, 5) is 16.5. The molecule has 17 heavy (non-hydrogen) atoms. The molecule has 0 aromatic heterocycles. The predicted molar refractivity (Wildman–Crippen MR) is 71.2 cm³/mol. The topological polar surface area (TPSA) is 29.4 Å². The van der Waals surface area contributed by atoms with Gasteiger partial charge in [0, 0.05) is 17.7 Å². The number of Topliss-reactive ketones (excluding diaryl/α,β-unsaturated/α-hetero) is 1. The standard InChI is InChI=1S/C15H19NO/c1-2-3-4-5-8-12-11-15(17)13-9-6-7-10-14(13)16-12/h6-7,9-10H,2-5,8,11H2,1H3. The molecule has 1 aromatic carbocycles. The van der Waals surface area contributed by atoms with E-state index >= 15 is 0 Å². The summed E-state index contributed by atoms with van der Waals surface area (Å²) in [5.41, 5.74) is 2.70. The third kappa shape index (κ3) is 3.02. The molecule has 1 aromatic rings. The maximum atomic E-state index is 11.9. The SMILES string of the molecule is CCCCCCC1=Nc2ccccc2C(=O)C1. The van der Waals surface area contributed by atoms with Crippen molar-refractivity contribution in [1.29, 1.82) is 0 Å². The lowest BCUT2D eigenvalue weighted by Gasteiger charge is -2.14. The molecule has 1 aliphatic heterocycles. The number of hydrogen-bond donors (Lipinski definition) is 0. The van der Waals surface area contributed by atoms with Gasteiger partial charge in [0.1, 0.15) is 0 Å². The van der Waals surface area contributed by atoms with Gasteiger partial charge in [0.25, 0.3) is 0 Å². The molecule has 0 fully saturated rings. The number of fused-ring (bicyclic) bond motifs is 1. The van der Waals surface area contributed by atoms with Crippen LogP contribution in [0.5, 0.6) is 0 Å². The largest absolute Gasteiger partial charge is 0.294 e. The summed E-state index contributed by atoms with van der Waals surface area (Å²) < 4.78 is 0. The molecule has 0 unspecified atom stereocenters. The molecular weight excluding hydrogens is 210 g/mol.